The minimum Gasteiger partial charge on any atom is -0.493 e. The summed E-state index contributed by atoms with van der Waals surface area (Å²) in [5, 5.41) is 3.27. The summed E-state index contributed by atoms with van der Waals surface area (Å²) in [6.45, 7) is 4.63. The molecule has 0 aliphatic carbocycles. The molecule has 3 nitrogen and oxygen atoms in total. The Bertz CT molecular complexity index is 599. The van der Waals surface area contributed by atoms with E-state index in [2.05, 4.69) is 5.32 Å². The third-order valence-corrected chi connectivity index (χ3v) is 3.03. The van der Waals surface area contributed by atoms with Crippen molar-refractivity contribution in [2.24, 2.45) is 0 Å². The summed E-state index contributed by atoms with van der Waals surface area (Å²) in [6, 6.07) is 12.4. The van der Waals surface area contributed by atoms with Gasteiger partial charge in [0.25, 0.3) is 0 Å². The van der Waals surface area contributed by atoms with Gasteiger partial charge in [0.15, 0.2) is 23.1 Å². The zero-order valence-electron chi connectivity index (χ0n) is 12.5. The van der Waals surface area contributed by atoms with Gasteiger partial charge in [-0.05, 0) is 18.2 Å². The minimum atomic E-state index is -0.385. The van der Waals surface area contributed by atoms with Gasteiger partial charge in [-0.15, -0.1) is 0 Å². The molecule has 21 heavy (non-hydrogen) atoms. The number of benzene rings is 2. The van der Waals surface area contributed by atoms with Gasteiger partial charge in [-0.3, -0.25) is 0 Å². The van der Waals surface area contributed by atoms with E-state index in [0.717, 1.165) is 5.56 Å². The summed E-state index contributed by atoms with van der Waals surface area (Å²) in [5.41, 5.74) is 0.773. The van der Waals surface area contributed by atoms with E-state index in [1.165, 1.54) is 6.07 Å². The number of rotatable bonds is 6. The number of ether oxygens (including phenoxy) is 2. The summed E-state index contributed by atoms with van der Waals surface area (Å²) in [6.07, 6.45) is 0. The van der Waals surface area contributed by atoms with Crippen LogP contribution in [0.4, 0.5) is 4.39 Å². The topological polar surface area (TPSA) is 30.5 Å². The van der Waals surface area contributed by atoms with E-state index in [9.17, 15) is 4.39 Å². The molecular formula is C17H20FNO2. The van der Waals surface area contributed by atoms with Crippen LogP contribution in [0.1, 0.15) is 19.4 Å². The van der Waals surface area contributed by atoms with E-state index in [1.807, 2.05) is 32.0 Å². The molecular weight excluding hydrogens is 269 g/mol. The molecule has 0 saturated heterocycles. The molecule has 1 N–H and O–H groups in total. The minimum absolute atomic E-state index is 0.232. The SMILES string of the molecule is COc1ccccc1Oc1c(F)cccc1CNC(C)C. The molecule has 2 rings (SSSR count). The number of nitrogens with one attached hydrogen (secondary N) is 1. The van der Waals surface area contributed by atoms with Gasteiger partial charge in [-0.1, -0.05) is 38.1 Å². The molecule has 0 atom stereocenters. The Morgan fingerprint density at radius 3 is 2.43 bits per heavy atom. The number of halogens is 1. The molecule has 112 valence electrons. The molecule has 0 fully saturated rings. The van der Waals surface area contributed by atoms with E-state index < -0.39 is 0 Å². The van der Waals surface area contributed by atoms with Crippen molar-refractivity contribution in [1.82, 2.24) is 5.32 Å². The van der Waals surface area contributed by atoms with Crippen LogP contribution in [0.5, 0.6) is 17.2 Å². The third kappa shape index (κ3) is 3.95. The number of hydrogen-bond acceptors (Lipinski definition) is 3. The van der Waals surface area contributed by atoms with E-state index >= 15 is 0 Å². The molecule has 2 aromatic rings. The zero-order valence-corrected chi connectivity index (χ0v) is 12.5. The second-order valence-corrected chi connectivity index (χ2v) is 5.02. The first-order chi connectivity index (χ1) is 10.1. The van der Waals surface area contributed by atoms with Gasteiger partial charge >= 0.3 is 0 Å². The van der Waals surface area contributed by atoms with Crippen LogP contribution in [0.25, 0.3) is 0 Å². The first-order valence-corrected chi connectivity index (χ1v) is 6.93. The van der Waals surface area contributed by atoms with Gasteiger partial charge < -0.3 is 14.8 Å². The van der Waals surface area contributed by atoms with Gasteiger partial charge in [-0.25, -0.2) is 4.39 Å². The van der Waals surface area contributed by atoms with E-state index in [0.29, 0.717) is 24.1 Å². The van der Waals surface area contributed by atoms with Crippen LogP contribution in [0.2, 0.25) is 0 Å². The molecule has 0 heterocycles. The van der Waals surface area contributed by atoms with E-state index in [1.54, 1.807) is 25.3 Å². The molecule has 0 bridgehead atoms. The van der Waals surface area contributed by atoms with E-state index in [-0.39, 0.29) is 11.6 Å². The maximum Gasteiger partial charge on any atom is 0.169 e. The Hall–Kier alpha value is -2.07. The second kappa shape index (κ2) is 7.09. The predicted molar refractivity (Wildman–Crippen MR) is 81.4 cm³/mol. The second-order valence-electron chi connectivity index (χ2n) is 5.02. The molecule has 0 aliphatic heterocycles. The largest absolute Gasteiger partial charge is 0.493 e. The normalized spacial score (nSPS) is 10.7. The average Bonchev–Trinajstić information content (AvgIpc) is 2.48. The molecule has 2 aromatic carbocycles. The Balaban J connectivity index is 2.30. The highest BCUT2D eigenvalue weighted by molar-refractivity contribution is 5.45. The summed E-state index contributed by atoms with van der Waals surface area (Å²) < 4.78 is 25.1. The fraction of sp³-hybridized carbons (Fsp3) is 0.294. The standard InChI is InChI=1S/C17H20FNO2/c1-12(2)19-11-13-7-6-8-14(18)17(13)21-16-10-5-4-9-15(16)20-3/h4-10,12,19H,11H2,1-3H3. The van der Waals surface area contributed by atoms with Gasteiger partial charge in [0.2, 0.25) is 0 Å². The number of para-hydroxylation sites is 3. The van der Waals surface area contributed by atoms with Crippen LogP contribution in [-0.4, -0.2) is 13.2 Å². The third-order valence-electron chi connectivity index (χ3n) is 3.03. The molecule has 0 aromatic heterocycles. The summed E-state index contributed by atoms with van der Waals surface area (Å²) in [7, 11) is 1.56. The highest BCUT2D eigenvalue weighted by Crippen LogP contribution is 2.34. The van der Waals surface area contributed by atoms with Crippen LogP contribution in [0.15, 0.2) is 42.5 Å². The maximum atomic E-state index is 14.1. The van der Waals surface area contributed by atoms with Crippen molar-refractivity contribution < 1.29 is 13.9 Å². The molecule has 0 aliphatic rings. The lowest BCUT2D eigenvalue weighted by Crippen LogP contribution is -2.22. The molecule has 0 unspecified atom stereocenters. The van der Waals surface area contributed by atoms with Crippen molar-refractivity contribution in [3.63, 3.8) is 0 Å². The Kier molecular flexibility index (Phi) is 5.17. The van der Waals surface area contributed by atoms with Gasteiger partial charge in [0.1, 0.15) is 0 Å². The highest BCUT2D eigenvalue weighted by atomic mass is 19.1. The lowest BCUT2D eigenvalue weighted by Gasteiger charge is -2.15. The molecule has 0 amide bonds. The van der Waals surface area contributed by atoms with Gasteiger partial charge in [0, 0.05) is 18.2 Å². The van der Waals surface area contributed by atoms with Crippen LogP contribution < -0.4 is 14.8 Å². The smallest absolute Gasteiger partial charge is 0.169 e. The quantitative estimate of drug-likeness (QED) is 0.867. The van der Waals surface area contributed by atoms with Crippen molar-refractivity contribution in [3.8, 4) is 17.2 Å². The Morgan fingerprint density at radius 1 is 1.05 bits per heavy atom. The van der Waals surface area contributed by atoms with Crippen molar-refractivity contribution in [2.45, 2.75) is 26.4 Å². The predicted octanol–water partition coefficient (Wildman–Crippen LogP) is 4.12. The van der Waals surface area contributed by atoms with E-state index in [4.69, 9.17) is 9.47 Å². The van der Waals surface area contributed by atoms with Crippen molar-refractivity contribution in [1.29, 1.82) is 0 Å². The maximum absolute atomic E-state index is 14.1. The molecule has 0 spiro atoms. The van der Waals surface area contributed by atoms with Gasteiger partial charge in [0.05, 0.1) is 7.11 Å². The lowest BCUT2D eigenvalue weighted by molar-refractivity contribution is 0.368. The number of hydrogen-bond donors (Lipinski definition) is 1. The van der Waals surface area contributed by atoms with Crippen LogP contribution in [0, 0.1) is 5.82 Å². The van der Waals surface area contributed by atoms with Crippen molar-refractivity contribution in [2.75, 3.05) is 7.11 Å². The highest BCUT2D eigenvalue weighted by Gasteiger charge is 2.13. The number of methoxy groups -OCH3 is 1. The zero-order chi connectivity index (χ0) is 15.2. The fourth-order valence-corrected chi connectivity index (χ4v) is 1.93. The Morgan fingerprint density at radius 2 is 1.76 bits per heavy atom. The molecule has 4 heteroatoms. The van der Waals surface area contributed by atoms with Crippen molar-refractivity contribution >= 4 is 0 Å². The lowest BCUT2D eigenvalue weighted by atomic mass is 10.2. The van der Waals surface area contributed by atoms with Gasteiger partial charge in [-0.2, -0.15) is 0 Å². The van der Waals surface area contributed by atoms with Crippen molar-refractivity contribution in [3.05, 3.63) is 53.8 Å². The summed E-state index contributed by atoms with van der Waals surface area (Å²) in [4.78, 5) is 0. The Labute approximate surface area is 124 Å². The van der Waals surface area contributed by atoms with Crippen LogP contribution >= 0.6 is 0 Å². The fourth-order valence-electron chi connectivity index (χ4n) is 1.93. The average molecular weight is 289 g/mol. The summed E-state index contributed by atoms with van der Waals surface area (Å²) >= 11 is 0. The first kappa shape index (κ1) is 15.3. The molecule has 0 saturated carbocycles. The summed E-state index contributed by atoms with van der Waals surface area (Å²) in [5.74, 6) is 0.915. The van der Waals surface area contributed by atoms with Crippen LogP contribution in [-0.2, 0) is 6.54 Å². The monoisotopic (exact) mass is 289 g/mol. The van der Waals surface area contributed by atoms with Crippen LogP contribution in [0.3, 0.4) is 0 Å². The molecule has 0 radical (unpaired) electrons. The first-order valence-electron chi connectivity index (χ1n) is 6.93.